The zero-order valence-electron chi connectivity index (χ0n) is 12.8. The van der Waals surface area contributed by atoms with Crippen molar-refractivity contribution in [3.8, 4) is 5.69 Å². The Hall–Kier alpha value is -2.86. The lowest BCUT2D eigenvalue weighted by atomic mass is 10.2. The van der Waals surface area contributed by atoms with E-state index in [0.29, 0.717) is 23.7 Å². The molecule has 0 saturated carbocycles. The highest BCUT2D eigenvalue weighted by atomic mass is 35.5. The van der Waals surface area contributed by atoms with Crippen molar-refractivity contribution in [3.05, 3.63) is 71.8 Å². The summed E-state index contributed by atoms with van der Waals surface area (Å²) in [6.45, 7) is 1.06. The van der Waals surface area contributed by atoms with Crippen LogP contribution in [-0.4, -0.2) is 33.8 Å². The third-order valence-corrected chi connectivity index (χ3v) is 3.69. The van der Waals surface area contributed by atoms with Gasteiger partial charge >= 0.3 is 0 Å². The summed E-state index contributed by atoms with van der Waals surface area (Å²) in [6, 6.07) is 10.8. The molecule has 0 bridgehead atoms. The third-order valence-electron chi connectivity index (χ3n) is 3.36. The number of hydrogen-bond acceptors (Lipinski definition) is 4. The highest BCUT2D eigenvalue weighted by Crippen LogP contribution is 2.19. The van der Waals surface area contributed by atoms with Gasteiger partial charge in [0, 0.05) is 37.9 Å². The molecule has 0 fully saturated rings. The first kappa shape index (κ1) is 16.0. The molecule has 1 aromatic carbocycles. The summed E-state index contributed by atoms with van der Waals surface area (Å²) < 4.78 is 1.68. The first-order chi connectivity index (χ1) is 11.7. The van der Waals surface area contributed by atoms with E-state index in [0.717, 1.165) is 11.4 Å². The van der Waals surface area contributed by atoms with Crippen LogP contribution in [0.1, 0.15) is 10.4 Å². The van der Waals surface area contributed by atoms with Crippen LogP contribution in [-0.2, 0) is 0 Å². The summed E-state index contributed by atoms with van der Waals surface area (Å²) in [5.74, 6) is -0.220. The van der Waals surface area contributed by atoms with Crippen LogP contribution in [0.5, 0.6) is 0 Å². The van der Waals surface area contributed by atoms with Gasteiger partial charge in [0.1, 0.15) is 0 Å². The number of carbonyl (C=O) groups is 1. The van der Waals surface area contributed by atoms with Crippen molar-refractivity contribution in [3.63, 3.8) is 0 Å². The predicted molar refractivity (Wildman–Crippen MR) is 93.6 cm³/mol. The van der Waals surface area contributed by atoms with Gasteiger partial charge in [-0.3, -0.25) is 9.78 Å². The molecule has 3 aromatic rings. The monoisotopic (exact) mass is 341 g/mol. The van der Waals surface area contributed by atoms with Crippen LogP contribution in [0.4, 0.5) is 5.69 Å². The van der Waals surface area contributed by atoms with E-state index >= 15 is 0 Å². The first-order valence-electron chi connectivity index (χ1n) is 7.46. The van der Waals surface area contributed by atoms with Crippen molar-refractivity contribution in [1.29, 1.82) is 0 Å². The number of nitrogens with zero attached hydrogens (tertiary/aromatic N) is 3. The summed E-state index contributed by atoms with van der Waals surface area (Å²) in [5, 5.41) is 10.6. The average molecular weight is 342 g/mol. The van der Waals surface area contributed by atoms with Gasteiger partial charge in [0.25, 0.3) is 5.91 Å². The van der Waals surface area contributed by atoms with Gasteiger partial charge in [-0.05, 0) is 36.4 Å². The van der Waals surface area contributed by atoms with Gasteiger partial charge in [-0.1, -0.05) is 11.6 Å². The van der Waals surface area contributed by atoms with Crippen molar-refractivity contribution < 1.29 is 4.79 Å². The SMILES string of the molecule is O=C(NCCNc1cccnc1)c1cc(-n2cccn2)ccc1Cl. The molecular weight excluding hydrogens is 326 g/mol. The Balaban J connectivity index is 1.59. The summed E-state index contributed by atoms with van der Waals surface area (Å²) in [7, 11) is 0. The van der Waals surface area contributed by atoms with E-state index in [1.54, 1.807) is 35.4 Å². The number of benzene rings is 1. The second-order valence-electron chi connectivity index (χ2n) is 5.04. The van der Waals surface area contributed by atoms with Gasteiger partial charge in [-0.2, -0.15) is 5.10 Å². The van der Waals surface area contributed by atoms with Gasteiger partial charge in [-0.15, -0.1) is 0 Å². The molecule has 0 radical (unpaired) electrons. The van der Waals surface area contributed by atoms with Crippen LogP contribution < -0.4 is 10.6 Å². The fourth-order valence-electron chi connectivity index (χ4n) is 2.20. The van der Waals surface area contributed by atoms with Crippen LogP contribution in [0.25, 0.3) is 5.69 Å². The predicted octanol–water partition coefficient (Wildman–Crippen LogP) is 2.76. The Morgan fingerprint density at radius 1 is 1.17 bits per heavy atom. The highest BCUT2D eigenvalue weighted by Gasteiger charge is 2.11. The van der Waals surface area contributed by atoms with Crippen LogP contribution in [0, 0.1) is 0 Å². The number of hydrogen-bond donors (Lipinski definition) is 2. The molecule has 1 amide bonds. The molecule has 2 heterocycles. The Kier molecular flexibility index (Phi) is 5.08. The second-order valence-corrected chi connectivity index (χ2v) is 5.45. The van der Waals surface area contributed by atoms with E-state index in [1.165, 1.54) is 0 Å². The molecule has 2 aromatic heterocycles. The number of amides is 1. The summed E-state index contributed by atoms with van der Waals surface area (Å²) >= 11 is 6.15. The molecule has 6 nitrogen and oxygen atoms in total. The number of carbonyl (C=O) groups excluding carboxylic acids is 1. The minimum absolute atomic E-state index is 0.220. The molecule has 0 saturated heterocycles. The molecule has 3 rings (SSSR count). The van der Waals surface area contributed by atoms with Crippen molar-refractivity contribution in [2.45, 2.75) is 0 Å². The smallest absolute Gasteiger partial charge is 0.252 e. The number of rotatable bonds is 6. The normalized spacial score (nSPS) is 10.4. The first-order valence-corrected chi connectivity index (χ1v) is 7.83. The highest BCUT2D eigenvalue weighted by molar-refractivity contribution is 6.33. The second kappa shape index (κ2) is 7.61. The quantitative estimate of drug-likeness (QED) is 0.676. The van der Waals surface area contributed by atoms with Crippen molar-refractivity contribution in [2.24, 2.45) is 0 Å². The lowest BCUT2D eigenvalue weighted by Crippen LogP contribution is -2.29. The maximum atomic E-state index is 12.3. The van der Waals surface area contributed by atoms with Crippen LogP contribution >= 0.6 is 11.6 Å². The molecule has 0 aliphatic heterocycles. The number of pyridine rings is 1. The molecule has 0 spiro atoms. The van der Waals surface area contributed by atoms with Crippen molar-refractivity contribution in [2.75, 3.05) is 18.4 Å². The van der Waals surface area contributed by atoms with Gasteiger partial charge < -0.3 is 10.6 Å². The van der Waals surface area contributed by atoms with E-state index in [4.69, 9.17) is 11.6 Å². The standard InChI is InChI=1S/C17H16ClN5O/c18-16-5-4-14(23-10-2-7-22-23)11-15(16)17(24)21-9-8-20-13-3-1-6-19-12-13/h1-7,10-12,20H,8-9H2,(H,21,24). The van der Waals surface area contributed by atoms with Crippen molar-refractivity contribution >= 4 is 23.2 Å². The van der Waals surface area contributed by atoms with E-state index in [-0.39, 0.29) is 5.91 Å². The number of aromatic nitrogens is 3. The third kappa shape index (κ3) is 3.91. The van der Waals surface area contributed by atoms with Crippen LogP contribution in [0.2, 0.25) is 5.02 Å². The topological polar surface area (TPSA) is 71.8 Å². The fourth-order valence-corrected chi connectivity index (χ4v) is 2.40. The minimum atomic E-state index is -0.220. The van der Waals surface area contributed by atoms with Crippen molar-refractivity contribution in [1.82, 2.24) is 20.1 Å². The Labute approximate surface area is 144 Å². The molecule has 24 heavy (non-hydrogen) atoms. The van der Waals surface area contributed by atoms with E-state index < -0.39 is 0 Å². The Bertz CT molecular complexity index is 805. The fraction of sp³-hybridized carbons (Fsp3) is 0.118. The maximum absolute atomic E-state index is 12.3. The summed E-state index contributed by atoms with van der Waals surface area (Å²) in [4.78, 5) is 16.3. The average Bonchev–Trinajstić information content (AvgIpc) is 3.14. The molecule has 122 valence electrons. The number of halogens is 1. The molecule has 0 aliphatic carbocycles. The van der Waals surface area contributed by atoms with Crippen LogP contribution in [0.15, 0.2) is 61.2 Å². The largest absolute Gasteiger partial charge is 0.382 e. The maximum Gasteiger partial charge on any atom is 0.252 e. The minimum Gasteiger partial charge on any atom is -0.382 e. The molecule has 7 heteroatoms. The molecule has 0 aliphatic rings. The zero-order valence-corrected chi connectivity index (χ0v) is 13.6. The molecule has 0 unspecified atom stereocenters. The van der Waals surface area contributed by atoms with Gasteiger partial charge in [-0.25, -0.2) is 4.68 Å². The van der Waals surface area contributed by atoms with Gasteiger partial charge in [0.05, 0.1) is 22.0 Å². The van der Waals surface area contributed by atoms with E-state index in [9.17, 15) is 4.79 Å². The number of anilines is 1. The summed E-state index contributed by atoms with van der Waals surface area (Å²) in [5.41, 5.74) is 2.11. The Morgan fingerprint density at radius 3 is 2.83 bits per heavy atom. The van der Waals surface area contributed by atoms with Crippen LogP contribution in [0.3, 0.4) is 0 Å². The molecular formula is C17H16ClN5O. The van der Waals surface area contributed by atoms with Gasteiger partial charge in [0.2, 0.25) is 0 Å². The zero-order chi connectivity index (χ0) is 16.8. The van der Waals surface area contributed by atoms with Gasteiger partial charge in [0.15, 0.2) is 0 Å². The number of nitrogens with one attached hydrogen (secondary N) is 2. The van der Waals surface area contributed by atoms with E-state index in [1.807, 2.05) is 30.5 Å². The molecule has 0 atom stereocenters. The summed E-state index contributed by atoms with van der Waals surface area (Å²) in [6.07, 6.45) is 6.93. The molecule has 2 N–H and O–H groups in total. The van der Waals surface area contributed by atoms with E-state index in [2.05, 4.69) is 20.7 Å². The Morgan fingerprint density at radius 2 is 2.08 bits per heavy atom. The lowest BCUT2D eigenvalue weighted by molar-refractivity contribution is 0.0955. The lowest BCUT2D eigenvalue weighted by Gasteiger charge is -2.10.